The van der Waals surface area contributed by atoms with Gasteiger partial charge in [0.2, 0.25) is 5.88 Å². The Labute approximate surface area is 198 Å². The summed E-state index contributed by atoms with van der Waals surface area (Å²) in [7, 11) is 0. The predicted octanol–water partition coefficient (Wildman–Crippen LogP) is 4.47. The zero-order chi connectivity index (χ0) is 23.4. The maximum Gasteiger partial charge on any atom is 0.224 e. The van der Waals surface area contributed by atoms with Crippen molar-refractivity contribution in [3.8, 4) is 5.88 Å². The van der Waals surface area contributed by atoms with Gasteiger partial charge in [-0.15, -0.1) is 0 Å². The SMILES string of the molecule is CC(=O)C[C@@H]1C2=C(Cc3ncnc(O[C@H]4CC[C@H](N5CCOCC5)CC4)c32)C(C)(C)C1(C)C. The Balaban J connectivity index is 1.38. The zero-order valence-electron chi connectivity index (χ0n) is 20.9. The third-order valence-electron chi connectivity index (χ3n) is 9.39. The van der Waals surface area contributed by atoms with E-state index in [-0.39, 0.29) is 28.6 Å². The van der Waals surface area contributed by atoms with Crippen molar-refractivity contribution in [3.05, 3.63) is 23.2 Å². The monoisotopic (exact) mass is 453 g/mol. The van der Waals surface area contributed by atoms with E-state index in [1.807, 2.05) is 0 Å². The number of morpholine rings is 1. The summed E-state index contributed by atoms with van der Waals surface area (Å²) in [5.41, 5.74) is 4.88. The minimum atomic E-state index is -0.00957. The number of carbonyl (C=O) groups excluding carboxylic acids is 1. The minimum Gasteiger partial charge on any atom is -0.474 e. The first kappa shape index (κ1) is 23.0. The standard InChI is InChI=1S/C27H39N3O3/c1-17(31)14-20-23-21(27(4,5)26(20,2)3)15-22-24(23)25(29-16-28-22)33-19-8-6-18(7-9-19)30-10-12-32-13-11-30/h16,18-20H,6-15H2,1-5H3/t18-,19-,20-/m1/s1. The molecule has 1 saturated carbocycles. The first-order chi connectivity index (χ1) is 15.7. The molecule has 1 atom stereocenters. The first-order valence-corrected chi connectivity index (χ1v) is 12.8. The van der Waals surface area contributed by atoms with E-state index < -0.39 is 0 Å². The van der Waals surface area contributed by atoms with Crippen molar-refractivity contribution in [2.45, 2.75) is 85.3 Å². The molecule has 1 aliphatic heterocycles. The van der Waals surface area contributed by atoms with Crippen LogP contribution in [0.25, 0.3) is 5.57 Å². The molecule has 0 amide bonds. The molecule has 0 spiro atoms. The smallest absolute Gasteiger partial charge is 0.224 e. The average molecular weight is 454 g/mol. The second-order valence-electron chi connectivity index (χ2n) is 11.6. The van der Waals surface area contributed by atoms with Gasteiger partial charge in [0.15, 0.2) is 0 Å². The molecular formula is C27H39N3O3. The molecule has 0 radical (unpaired) electrons. The van der Waals surface area contributed by atoms with Gasteiger partial charge < -0.3 is 14.3 Å². The quantitative estimate of drug-likeness (QED) is 0.655. The summed E-state index contributed by atoms with van der Waals surface area (Å²) in [6.07, 6.45) is 7.71. The molecule has 2 fully saturated rings. The van der Waals surface area contributed by atoms with Crippen LogP contribution in [0.2, 0.25) is 0 Å². The second kappa shape index (κ2) is 8.46. The molecule has 1 aromatic rings. The molecule has 0 aromatic carbocycles. The Bertz CT molecular complexity index is 953. The molecular weight excluding hydrogens is 414 g/mol. The minimum absolute atomic E-state index is 0.00334. The molecule has 6 nitrogen and oxygen atoms in total. The summed E-state index contributed by atoms with van der Waals surface area (Å²) in [6, 6.07) is 0.649. The number of rotatable bonds is 5. The van der Waals surface area contributed by atoms with Crippen LogP contribution in [0.1, 0.15) is 78.0 Å². The van der Waals surface area contributed by atoms with E-state index in [9.17, 15) is 4.79 Å². The Morgan fingerprint density at radius 1 is 1.12 bits per heavy atom. The Morgan fingerprint density at radius 3 is 2.48 bits per heavy atom. The highest BCUT2D eigenvalue weighted by Gasteiger charge is 2.56. The van der Waals surface area contributed by atoms with Crippen molar-refractivity contribution in [3.63, 3.8) is 0 Å². The van der Waals surface area contributed by atoms with Gasteiger partial charge in [0.1, 0.15) is 18.2 Å². The predicted molar refractivity (Wildman–Crippen MR) is 128 cm³/mol. The summed E-state index contributed by atoms with van der Waals surface area (Å²) >= 11 is 0. The van der Waals surface area contributed by atoms with E-state index in [0.717, 1.165) is 62.7 Å². The molecule has 5 rings (SSSR count). The molecule has 33 heavy (non-hydrogen) atoms. The van der Waals surface area contributed by atoms with Crippen LogP contribution < -0.4 is 4.74 Å². The van der Waals surface area contributed by atoms with Crippen molar-refractivity contribution in [1.29, 1.82) is 0 Å². The number of nitrogens with zero attached hydrogens (tertiary/aromatic N) is 3. The van der Waals surface area contributed by atoms with E-state index in [2.05, 4.69) is 42.6 Å². The molecule has 180 valence electrons. The largest absolute Gasteiger partial charge is 0.474 e. The summed E-state index contributed by atoms with van der Waals surface area (Å²) in [6.45, 7) is 14.8. The highest BCUT2D eigenvalue weighted by molar-refractivity contribution is 5.87. The van der Waals surface area contributed by atoms with Crippen molar-refractivity contribution in [1.82, 2.24) is 14.9 Å². The fourth-order valence-electron chi connectivity index (χ4n) is 6.71. The Morgan fingerprint density at radius 2 is 1.82 bits per heavy atom. The van der Waals surface area contributed by atoms with Gasteiger partial charge in [0.05, 0.1) is 24.5 Å². The van der Waals surface area contributed by atoms with E-state index >= 15 is 0 Å². The lowest BCUT2D eigenvalue weighted by Gasteiger charge is -2.42. The number of ketones is 1. The number of hydrogen-bond acceptors (Lipinski definition) is 6. The van der Waals surface area contributed by atoms with Crippen LogP contribution >= 0.6 is 0 Å². The van der Waals surface area contributed by atoms with Crippen LogP contribution in [-0.2, 0) is 16.0 Å². The van der Waals surface area contributed by atoms with Crippen molar-refractivity contribution in [2.24, 2.45) is 16.7 Å². The summed E-state index contributed by atoms with van der Waals surface area (Å²) in [5.74, 6) is 1.15. The Kier molecular flexibility index (Phi) is 5.89. The number of carbonyl (C=O) groups is 1. The maximum absolute atomic E-state index is 12.3. The van der Waals surface area contributed by atoms with E-state index in [1.165, 1.54) is 24.0 Å². The summed E-state index contributed by atoms with van der Waals surface area (Å²) in [5, 5.41) is 0. The van der Waals surface area contributed by atoms with Gasteiger partial charge in [0.25, 0.3) is 0 Å². The fraction of sp³-hybridized carbons (Fsp3) is 0.741. The lowest BCUT2D eigenvalue weighted by molar-refractivity contribution is -0.118. The van der Waals surface area contributed by atoms with Gasteiger partial charge in [-0.1, -0.05) is 33.3 Å². The lowest BCUT2D eigenvalue weighted by atomic mass is 9.62. The molecule has 1 saturated heterocycles. The Hall–Kier alpha value is -1.79. The molecule has 0 bridgehead atoms. The molecule has 1 aromatic heterocycles. The number of Topliss-reactive ketones (excluding diaryl/α,β-unsaturated/α-hetero) is 1. The van der Waals surface area contributed by atoms with Crippen LogP contribution in [-0.4, -0.2) is 59.1 Å². The van der Waals surface area contributed by atoms with Crippen LogP contribution in [0.4, 0.5) is 0 Å². The molecule has 3 aliphatic carbocycles. The van der Waals surface area contributed by atoms with Crippen LogP contribution in [0, 0.1) is 16.7 Å². The lowest BCUT2D eigenvalue weighted by Crippen LogP contribution is -2.46. The highest BCUT2D eigenvalue weighted by Crippen LogP contribution is 2.66. The third-order valence-corrected chi connectivity index (χ3v) is 9.39. The number of fused-ring (bicyclic) bond motifs is 2. The summed E-state index contributed by atoms with van der Waals surface area (Å²) < 4.78 is 12.1. The molecule has 0 N–H and O–H groups in total. The van der Waals surface area contributed by atoms with Crippen LogP contribution in [0.15, 0.2) is 11.9 Å². The second-order valence-corrected chi connectivity index (χ2v) is 11.6. The number of allylic oxidation sites excluding steroid dienone is 2. The van der Waals surface area contributed by atoms with Crippen molar-refractivity contribution in [2.75, 3.05) is 26.3 Å². The number of aromatic nitrogens is 2. The van der Waals surface area contributed by atoms with E-state index in [4.69, 9.17) is 9.47 Å². The van der Waals surface area contributed by atoms with Gasteiger partial charge >= 0.3 is 0 Å². The van der Waals surface area contributed by atoms with Gasteiger partial charge in [-0.25, -0.2) is 9.97 Å². The number of ether oxygens (including phenoxy) is 2. The molecule has 4 aliphatic rings. The van der Waals surface area contributed by atoms with E-state index in [0.29, 0.717) is 12.5 Å². The third kappa shape index (κ3) is 3.83. The van der Waals surface area contributed by atoms with Crippen LogP contribution in [0.5, 0.6) is 5.88 Å². The first-order valence-electron chi connectivity index (χ1n) is 12.8. The number of hydrogen-bond donors (Lipinski definition) is 0. The summed E-state index contributed by atoms with van der Waals surface area (Å²) in [4.78, 5) is 24.2. The van der Waals surface area contributed by atoms with Gasteiger partial charge in [0, 0.05) is 32.0 Å². The van der Waals surface area contributed by atoms with E-state index in [1.54, 1.807) is 13.3 Å². The van der Waals surface area contributed by atoms with Gasteiger partial charge in [-0.05, 0) is 54.9 Å². The van der Waals surface area contributed by atoms with Crippen molar-refractivity contribution < 1.29 is 14.3 Å². The zero-order valence-corrected chi connectivity index (χ0v) is 20.9. The molecule has 2 heterocycles. The van der Waals surface area contributed by atoms with Crippen molar-refractivity contribution >= 4 is 11.4 Å². The normalized spacial score (nSPS) is 30.8. The van der Waals surface area contributed by atoms with Gasteiger partial charge in [-0.2, -0.15) is 0 Å². The topological polar surface area (TPSA) is 64.5 Å². The average Bonchev–Trinajstić information content (AvgIpc) is 3.24. The fourth-order valence-corrected chi connectivity index (χ4v) is 6.71. The highest BCUT2D eigenvalue weighted by atomic mass is 16.5. The molecule has 6 heteroatoms. The van der Waals surface area contributed by atoms with Crippen LogP contribution in [0.3, 0.4) is 0 Å². The molecule has 0 unspecified atom stereocenters. The van der Waals surface area contributed by atoms with Gasteiger partial charge in [-0.3, -0.25) is 4.90 Å². The maximum atomic E-state index is 12.3.